The summed E-state index contributed by atoms with van der Waals surface area (Å²) in [5.74, 6) is -1.74. The lowest BCUT2D eigenvalue weighted by atomic mass is 10.0. The van der Waals surface area contributed by atoms with E-state index in [0.29, 0.717) is 56.8 Å². The minimum absolute atomic E-state index is 0.264. The molecule has 32 heavy (non-hydrogen) atoms. The van der Waals surface area contributed by atoms with Crippen molar-refractivity contribution in [1.82, 2.24) is 15.6 Å². The lowest BCUT2D eigenvalue weighted by Crippen LogP contribution is -2.48. The molecule has 0 saturated heterocycles. The molecule has 8 heteroatoms. The Balaban J connectivity index is 1.65. The van der Waals surface area contributed by atoms with Crippen LogP contribution in [0.2, 0.25) is 0 Å². The molecule has 1 atom stereocenters. The van der Waals surface area contributed by atoms with Crippen LogP contribution in [0.1, 0.15) is 40.7 Å². The highest BCUT2D eigenvalue weighted by atomic mass is 16.5. The second-order valence-corrected chi connectivity index (χ2v) is 7.58. The van der Waals surface area contributed by atoms with Crippen molar-refractivity contribution in [3.8, 4) is 0 Å². The third-order valence-corrected chi connectivity index (χ3v) is 5.19. The van der Waals surface area contributed by atoms with Crippen molar-refractivity contribution in [2.75, 3.05) is 26.4 Å². The molecule has 170 valence electrons. The molecule has 1 aromatic heterocycles. The molecule has 2 aromatic rings. The number of nitrogens with zero attached hydrogens (tertiary/aromatic N) is 1. The molecule has 8 nitrogen and oxygen atoms in total. The van der Waals surface area contributed by atoms with Crippen LogP contribution in [0.3, 0.4) is 0 Å². The molecular weight excluding hydrogens is 410 g/mol. The maximum absolute atomic E-state index is 12.9. The molecule has 2 amide bonds. The fraction of sp³-hybridized carbons (Fsp3) is 0.417. The van der Waals surface area contributed by atoms with Crippen LogP contribution in [-0.4, -0.2) is 55.0 Å². The van der Waals surface area contributed by atoms with Gasteiger partial charge in [-0.15, -0.1) is 0 Å². The highest BCUT2D eigenvalue weighted by molar-refractivity contribution is 6.38. The molecular formula is C24H29N3O5. The van der Waals surface area contributed by atoms with E-state index in [9.17, 15) is 14.4 Å². The van der Waals surface area contributed by atoms with E-state index in [2.05, 4.69) is 15.6 Å². The quantitative estimate of drug-likeness (QED) is 0.689. The average molecular weight is 440 g/mol. The van der Waals surface area contributed by atoms with Gasteiger partial charge in [0.2, 0.25) is 5.78 Å². The van der Waals surface area contributed by atoms with Gasteiger partial charge in [-0.3, -0.25) is 19.4 Å². The van der Waals surface area contributed by atoms with Crippen molar-refractivity contribution in [2.24, 2.45) is 0 Å². The number of ketones is 1. The minimum atomic E-state index is -0.905. The van der Waals surface area contributed by atoms with E-state index < -0.39 is 17.7 Å². The van der Waals surface area contributed by atoms with E-state index in [1.165, 1.54) is 0 Å². The normalized spacial score (nSPS) is 18.0. The summed E-state index contributed by atoms with van der Waals surface area (Å²) in [7, 11) is 0. The van der Waals surface area contributed by atoms with E-state index in [0.717, 1.165) is 12.0 Å². The standard InChI is InChI=1S/C24H29N3O5/c28-22(24(30)26-12-10-18-6-5-11-25-16-18)21-9-3-4-13-31-14-15-32-17-19-7-1-2-8-20(19)23(29)27-21/h1-2,5-8,11,16,21H,3-4,9-10,12-15,17H2,(H,26,30)(H,27,29). The van der Waals surface area contributed by atoms with Gasteiger partial charge in [0, 0.05) is 31.1 Å². The number of aromatic nitrogens is 1. The maximum atomic E-state index is 12.9. The Hall–Kier alpha value is -3.10. The predicted molar refractivity (Wildman–Crippen MR) is 118 cm³/mol. The molecule has 0 aliphatic carbocycles. The Labute approximate surface area is 187 Å². The third kappa shape index (κ3) is 7.25. The number of pyridine rings is 1. The highest BCUT2D eigenvalue weighted by Crippen LogP contribution is 2.13. The zero-order chi connectivity index (χ0) is 22.6. The number of hydrogen-bond donors (Lipinski definition) is 2. The molecule has 0 bridgehead atoms. The molecule has 1 unspecified atom stereocenters. The number of rotatable bonds is 5. The molecule has 3 rings (SSSR count). The Bertz CT molecular complexity index is 904. The highest BCUT2D eigenvalue weighted by Gasteiger charge is 2.27. The second-order valence-electron chi connectivity index (χ2n) is 7.58. The Morgan fingerprint density at radius 3 is 2.75 bits per heavy atom. The molecule has 1 aliphatic heterocycles. The summed E-state index contributed by atoms with van der Waals surface area (Å²) < 4.78 is 11.2. The van der Waals surface area contributed by atoms with E-state index >= 15 is 0 Å². The van der Waals surface area contributed by atoms with Crippen molar-refractivity contribution < 1.29 is 23.9 Å². The summed E-state index contributed by atoms with van der Waals surface area (Å²) in [5.41, 5.74) is 2.11. The zero-order valence-corrected chi connectivity index (χ0v) is 18.0. The molecule has 2 N–H and O–H groups in total. The lowest BCUT2D eigenvalue weighted by Gasteiger charge is -2.19. The van der Waals surface area contributed by atoms with Crippen molar-refractivity contribution in [3.05, 3.63) is 65.5 Å². The molecule has 1 aliphatic rings. The van der Waals surface area contributed by atoms with Gasteiger partial charge in [-0.05, 0) is 48.9 Å². The first-order valence-electron chi connectivity index (χ1n) is 10.9. The SMILES string of the molecule is O=C(NCCc1cccnc1)C(=O)C1CCCCOCCOCc2ccccc2C(=O)N1. The third-order valence-electron chi connectivity index (χ3n) is 5.19. The van der Waals surface area contributed by atoms with Crippen LogP contribution in [0.4, 0.5) is 0 Å². The van der Waals surface area contributed by atoms with Gasteiger partial charge in [-0.25, -0.2) is 0 Å². The largest absolute Gasteiger partial charge is 0.379 e. The first kappa shape index (κ1) is 23.6. The van der Waals surface area contributed by atoms with E-state index in [4.69, 9.17) is 9.47 Å². The van der Waals surface area contributed by atoms with Crippen LogP contribution in [-0.2, 0) is 32.1 Å². The van der Waals surface area contributed by atoms with E-state index in [1.54, 1.807) is 24.5 Å². The van der Waals surface area contributed by atoms with Crippen LogP contribution < -0.4 is 10.6 Å². The Morgan fingerprint density at radius 2 is 1.91 bits per heavy atom. The predicted octanol–water partition coefficient (Wildman–Crippen LogP) is 1.83. The number of nitrogens with one attached hydrogen (secondary N) is 2. The van der Waals surface area contributed by atoms with Gasteiger partial charge in [0.05, 0.1) is 25.9 Å². The van der Waals surface area contributed by atoms with Crippen LogP contribution in [0.15, 0.2) is 48.8 Å². The van der Waals surface area contributed by atoms with Gasteiger partial charge >= 0.3 is 0 Å². The second kappa shape index (κ2) is 12.7. The van der Waals surface area contributed by atoms with Crippen molar-refractivity contribution in [1.29, 1.82) is 0 Å². The summed E-state index contributed by atoms with van der Waals surface area (Å²) in [4.78, 5) is 42.3. The van der Waals surface area contributed by atoms with Crippen molar-refractivity contribution in [2.45, 2.75) is 38.3 Å². The molecule has 0 spiro atoms. The van der Waals surface area contributed by atoms with Crippen molar-refractivity contribution >= 4 is 17.6 Å². The molecule has 0 fully saturated rings. The van der Waals surface area contributed by atoms with Gasteiger partial charge in [-0.2, -0.15) is 0 Å². The topological polar surface area (TPSA) is 107 Å². The summed E-state index contributed by atoms with van der Waals surface area (Å²) in [6, 6.07) is 9.90. The molecule has 0 radical (unpaired) electrons. The van der Waals surface area contributed by atoms with Gasteiger partial charge in [0.25, 0.3) is 11.8 Å². The summed E-state index contributed by atoms with van der Waals surface area (Å²) >= 11 is 0. The number of benzene rings is 1. The van der Waals surface area contributed by atoms with Gasteiger partial charge in [0.15, 0.2) is 0 Å². The molecule has 1 aromatic carbocycles. The Morgan fingerprint density at radius 1 is 1.06 bits per heavy atom. The lowest BCUT2D eigenvalue weighted by molar-refractivity contribution is -0.139. The number of Topliss-reactive ketones (excluding diaryl/α,β-unsaturated/α-hetero) is 1. The van der Waals surface area contributed by atoms with Crippen LogP contribution in [0, 0.1) is 0 Å². The summed E-state index contributed by atoms with van der Waals surface area (Å²) in [5, 5.41) is 5.41. The maximum Gasteiger partial charge on any atom is 0.289 e. The number of carbonyl (C=O) groups is 3. The van der Waals surface area contributed by atoms with Crippen LogP contribution in [0.5, 0.6) is 0 Å². The van der Waals surface area contributed by atoms with Crippen LogP contribution in [0.25, 0.3) is 0 Å². The fourth-order valence-electron chi connectivity index (χ4n) is 3.44. The van der Waals surface area contributed by atoms with Gasteiger partial charge in [0.1, 0.15) is 0 Å². The Kier molecular flexibility index (Phi) is 9.34. The van der Waals surface area contributed by atoms with Crippen molar-refractivity contribution in [3.63, 3.8) is 0 Å². The monoisotopic (exact) mass is 439 g/mol. The first-order chi connectivity index (χ1) is 15.6. The smallest absolute Gasteiger partial charge is 0.289 e. The number of amides is 2. The fourth-order valence-corrected chi connectivity index (χ4v) is 3.44. The summed E-state index contributed by atoms with van der Waals surface area (Å²) in [6.07, 6.45) is 5.68. The zero-order valence-electron chi connectivity index (χ0n) is 18.0. The number of carbonyl (C=O) groups excluding carboxylic acids is 3. The van der Waals surface area contributed by atoms with Gasteiger partial charge < -0.3 is 20.1 Å². The molecule has 2 heterocycles. The number of ether oxygens (including phenoxy) is 2. The number of hydrogen-bond acceptors (Lipinski definition) is 6. The van der Waals surface area contributed by atoms with Crippen LogP contribution >= 0.6 is 0 Å². The number of fused-ring (bicyclic) bond motifs is 1. The van der Waals surface area contributed by atoms with Gasteiger partial charge in [-0.1, -0.05) is 24.3 Å². The molecule has 0 saturated carbocycles. The van der Waals surface area contributed by atoms with E-state index in [-0.39, 0.29) is 12.5 Å². The van der Waals surface area contributed by atoms with E-state index in [1.807, 2.05) is 24.3 Å². The average Bonchev–Trinajstić information content (AvgIpc) is 2.82. The minimum Gasteiger partial charge on any atom is -0.379 e. The first-order valence-corrected chi connectivity index (χ1v) is 10.9. The summed E-state index contributed by atoms with van der Waals surface area (Å²) in [6.45, 7) is 2.02.